The standard InChI is InChI=1S/C12H13/c1-2-6-11-9-12(11)10-7-4-3-5-8-10/h3-5,7-9H,2,6H2,1H3. The minimum atomic E-state index is 1.24. The van der Waals surface area contributed by atoms with Crippen LogP contribution in [0.2, 0.25) is 0 Å². The lowest BCUT2D eigenvalue weighted by Gasteiger charge is -1.97. The van der Waals surface area contributed by atoms with Gasteiger partial charge in [-0.1, -0.05) is 55.3 Å². The maximum Gasteiger partial charge on any atom is 0.0514 e. The second-order valence-corrected chi connectivity index (χ2v) is 3.20. The van der Waals surface area contributed by atoms with Crippen molar-refractivity contribution in [1.82, 2.24) is 0 Å². The molecule has 0 nitrogen and oxygen atoms in total. The third-order valence-corrected chi connectivity index (χ3v) is 2.19. The van der Waals surface area contributed by atoms with Crippen LogP contribution in [-0.4, -0.2) is 0 Å². The van der Waals surface area contributed by atoms with Gasteiger partial charge in [0.2, 0.25) is 0 Å². The highest BCUT2D eigenvalue weighted by Crippen LogP contribution is 2.40. The van der Waals surface area contributed by atoms with Gasteiger partial charge in [-0.25, -0.2) is 0 Å². The molecule has 0 amide bonds. The second-order valence-electron chi connectivity index (χ2n) is 3.20. The van der Waals surface area contributed by atoms with Crippen LogP contribution in [0.15, 0.2) is 42.0 Å². The first-order valence-corrected chi connectivity index (χ1v) is 4.55. The summed E-state index contributed by atoms with van der Waals surface area (Å²) in [7, 11) is 0. The zero-order chi connectivity index (χ0) is 8.39. The Bertz CT molecular complexity index is 282. The monoisotopic (exact) mass is 157 g/mol. The summed E-state index contributed by atoms with van der Waals surface area (Å²) in [5.74, 6) is 1.47. The fourth-order valence-electron chi connectivity index (χ4n) is 1.50. The third kappa shape index (κ3) is 1.42. The van der Waals surface area contributed by atoms with Gasteiger partial charge in [0, 0.05) is 0 Å². The van der Waals surface area contributed by atoms with Gasteiger partial charge in [-0.3, -0.25) is 0 Å². The number of allylic oxidation sites excluding steroid dienone is 2. The van der Waals surface area contributed by atoms with Crippen LogP contribution in [0.5, 0.6) is 0 Å². The minimum absolute atomic E-state index is 1.24. The molecule has 0 aliphatic heterocycles. The Kier molecular flexibility index (Phi) is 1.99. The largest absolute Gasteiger partial charge is 0.0679 e. The Labute approximate surface area is 73.9 Å². The van der Waals surface area contributed by atoms with Crippen molar-refractivity contribution >= 4 is 0 Å². The molecule has 0 heterocycles. The lowest BCUT2D eigenvalue weighted by Crippen LogP contribution is -1.82. The molecule has 1 aromatic rings. The summed E-state index contributed by atoms with van der Waals surface area (Å²) in [6, 6.07) is 10.6. The van der Waals surface area contributed by atoms with Crippen LogP contribution in [-0.2, 0) is 0 Å². The molecule has 0 saturated carbocycles. The van der Waals surface area contributed by atoms with Crippen LogP contribution in [0, 0.1) is 5.92 Å². The van der Waals surface area contributed by atoms with E-state index in [0.717, 1.165) is 0 Å². The van der Waals surface area contributed by atoms with Crippen LogP contribution in [0.1, 0.15) is 25.3 Å². The molecule has 0 bridgehead atoms. The molecule has 0 aromatic heterocycles. The minimum Gasteiger partial charge on any atom is -0.0679 e. The fraction of sp³-hybridized carbons (Fsp3) is 0.250. The number of hydrogen-bond donors (Lipinski definition) is 0. The average molecular weight is 157 g/mol. The van der Waals surface area contributed by atoms with E-state index in [-0.39, 0.29) is 0 Å². The summed E-state index contributed by atoms with van der Waals surface area (Å²) in [6.07, 6.45) is 4.78. The maximum atomic E-state index is 2.29. The van der Waals surface area contributed by atoms with Gasteiger partial charge in [-0.05, 0) is 12.0 Å². The van der Waals surface area contributed by atoms with Crippen molar-refractivity contribution < 1.29 is 0 Å². The quantitative estimate of drug-likeness (QED) is 0.631. The molecule has 0 fully saturated rings. The smallest absolute Gasteiger partial charge is 0.0514 e. The summed E-state index contributed by atoms with van der Waals surface area (Å²) in [5, 5.41) is 0. The van der Waals surface area contributed by atoms with Crippen LogP contribution in [0.3, 0.4) is 0 Å². The van der Waals surface area contributed by atoms with Crippen LogP contribution >= 0.6 is 0 Å². The van der Waals surface area contributed by atoms with Crippen molar-refractivity contribution in [2.24, 2.45) is 0 Å². The van der Waals surface area contributed by atoms with E-state index in [4.69, 9.17) is 0 Å². The van der Waals surface area contributed by atoms with Gasteiger partial charge >= 0.3 is 0 Å². The molecule has 0 spiro atoms. The molecule has 0 unspecified atom stereocenters. The Morgan fingerprint density at radius 1 is 1.08 bits per heavy atom. The molecule has 1 aromatic carbocycles. The zero-order valence-electron chi connectivity index (χ0n) is 7.38. The highest BCUT2D eigenvalue weighted by atomic mass is 14.3. The van der Waals surface area contributed by atoms with E-state index in [1.54, 1.807) is 5.57 Å². The van der Waals surface area contributed by atoms with Crippen LogP contribution in [0.25, 0.3) is 0 Å². The van der Waals surface area contributed by atoms with Crippen LogP contribution in [0.4, 0.5) is 0 Å². The summed E-state index contributed by atoms with van der Waals surface area (Å²) >= 11 is 0. The second kappa shape index (κ2) is 3.14. The van der Waals surface area contributed by atoms with Crippen molar-refractivity contribution in [3.63, 3.8) is 0 Å². The van der Waals surface area contributed by atoms with Crippen molar-refractivity contribution in [2.75, 3.05) is 0 Å². The third-order valence-electron chi connectivity index (χ3n) is 2.19. The lowest BCUT2D eigenvalue weighted by molar-refractivity contribution is 0.934. The molecule has 1 radical (unpaired) electrons. The van der Waals surface area contributed by atoms with Crippen molar-refractivity contribution in [3.8, 4) is 0 Å². The molecular weight excluding hydrogens is 144 g/mol. The molecule has 1 aliphatic rings. The topological polar surface area (TPSA) is 0 Å². The van der Waals surface area contributed by atoms with Gasteiger partial charge < -0.3 is 0 Å². The Hall–Kier alpha value is -1.04. The molecule has 12 heavy (non-hydrogen) atoms. The van der Waals surface area contributed by atoms with Crippen molar-refractivity contribution in [3.05, 3.63) is 53.5 Å². The van der Waals surface area contributed by atoms with E-state index in [1.165, 1.54) is 24.3 Å². The zero-order valence-corrected chi connectivity index (χ0v) is 7.38. The van der Waals surface area contributed by atoms with Gasteiger partial charge in [0.25, 0.3) is 0 Å². The van der Waals surface area contributed by atoms with Crippen LogP contribution < -0.4 is 0 Å². The lowest BCUT2D eigenvalue weighted by atomic mass is 10.1. The summed E-state index contributed by atoms with van der Waals surface area (Å²) < 4.78 is 0. The molecule has 0 atom stereocenters. The first-order chi connectivity index (χ1) is 5.92. The van der Waals surface area contributed by atoms with Gasteiger partial charge in [0.1, 0.15) is 0 Å². The molecule has 61 valence electrons. The summed E-state index contributed by atoms with van der Waals surface area (Å²) in [6.45, 7) is 2.22. The van der Waals surface area contributed by atoms with Crippen molar-refractivity contribution in [2.45, 2.75) is 19.8 Å². The Balaban J connectivity index is 1.99. The molecule has 0 saturated heterocycles. The molecule has 1 aliphatic carbocycles. The van der Waals surface area contributed by atoms with Gasteiger partial charge in [0.05, 0.1) is 5.92 Å². The number of rotatable bonds is 3. The number of hydrogen-bond acceptors (Lipinski definition) is 0. The van der Waals surface area contributed by atoms with Gasteiger partial charge in [-0.2, -0.15) is 0 Å². The maximum absolute atomic E-state index is 2.29. The predicted molar refractivity (Wildman–Crippen MR) is 51.8 cm³/mol. The predicted octanol–water partition coefficient (Wildman–Crippen LogP) is 3.35. The summed E-state index contributed by atoms with van der Waals surface area (Å²) in [4.78, 5) is 0. The normalized spacial score (nSPS) is 15.9. The number of benzene rings is 1. The molecule has 0 heteroatoms. The molecular formula is C12H13. The highest BCUT2D eigenvalue weighted by molar-refractivity contribution is 5.62. The summed E-state index contributed by atoms with van der Waals surface area (Å²) in [5.41, 5.74) is 2.92. The van der Waals surface area contributed by atoms with E-state index in [0.29, 0.717) is 0 Å². The fourth-order valence-corrected chi connectivity index (χ4v) is 1.50. The first kappa shape index (κ1) is 7.60. The van der Waals surface area contributed by atoms with E-state index in [1.807, 2.05) is 0 Å². The Morgan fingerprint density at radius 2 is 1.83 bits per heavy atom. The molecule has 2 rings (SSSR count). The first-order valence-electron chi connectivity index (χ1n) is 4.55. The van der Waals surface area contributed by atoms with E-state index in [2.05, 4.69) is 43.3 Å². The molecule has 0 N–H and O–H groups in total. The van der Waals surface area contributed by atoms with E-state index < -0.39 is 0 Å². The van der Waals surface area contributed by atoms with E-state index in [9.17, 15) is 0 Å². The van der Waals surface area contributed by atoms with Crippen molar-refractivity contribution in [1.29, 1.82) is 0 Å². The Morgan fingerprint density at radius 3 is 2.50 bits per heavy atom. The van der Waals surface area contributed by atoms with Gasteiger partial charge in [0.15, 0.2) is 0 Å². The highest BCUT2D eigenvalue weighted by Gasteiger charge is 2.25. The van der Waals surface area contributed by atoms with Gasteiger partial charge in [-0.15, -0.1) is 0 Å². The van der Waals surface area contributed by atoms with E-state index >= 15 is 0 Å². The average Bonchev–Trinajstić information content (AvgIpc) is 2.87. The SMILES string of the molecule is CCCC1=C[C]1c1ccccc1.